The maximum atomic E-state index is 12.8. The lowest BCUT2D eigenvalue weighted by atomic mass is 10.1. The molecule has 7 heteroatoms. The summed E-state index contributed by atoms with van der Waals surface area (Å²) < 4.78 is 17.0. The van der Waals surface area contributed by atoms with Gasteiger partial charge in [-0.25, -0.2) is 0 Å². The predicted molar refractivity (Wildman–Crippen MR) is 121 cm³/mol. The first-order chi connectivity index (χ1) is 15.6. The number of benzene rings is 3. The van der Waals surface area contributed by atoms with Crippen molar-refractivity contribution >= 4 is 11.8 Å². The van der Waals surface area contributed by atoms with Crippen LogP contribution in [0.1, 0.15) is 28.9 Å². The number of hydrogen-bond donors (Lipinski definition) is 2. The molecule has 0 aliphatic heterocycles. The Bertz CT molecular complexity index is 1030. The van der Waals surface area contributed by atoms with E-state index in [1.165, 1.54) is 0 Å². The monoisotopic (exact) mass is 434 g/mol. The molecule has 0 radical (unpaired) electrons. The van der Waals surface area contributed by atoms with Gasteiger partial charge < -0.3 is 25.3 Å². The molecule has 0 saturated heterocycles. The maximum absolute atomic E-state index is 12.8. The molecule has 1 atom stereocenters. The smallest absolute Gasteiger partial charge is 0.252 e. The molecule has 7 nitrogen and oxygen atoms in total. The Hall–Kier alpha value is -4.00. The topological polar surface area (TPSA) is 99.9 Å². The Labute approximate surface area is 187 Å². The molecule has 0 fully saturated rings. The summed E-state index contributed by atoms with van der Waals surface area (Å²) >= 11 is 0. The van der Waals surface area contributed by atoms with Gasteiger partial charge in [0.25, 0.3) is 5.91 Å². The fourth-order valence-electron chi connectivity index (χ4n) is 3.04. The van der Waals surface area contributed by atoms with Gasteiger partial charge in [0, 0.05) is 5.56 Å². The van der Waals surface area contributed by atoms with Crippen molar-refractivity contribution in [3.05, 3.63) is 90.0 Å². The number of nitrogens with one attached hydrogen (secondary N) is 1. The van der Waals surface area contributed by atoms with Crippen LogP contribution in [0.5, 0.6) is 17.2 Å². The molecule has 0 aliphatic carbocycles. The average Bonchev–Trinajstić information content (AvgIpc) is 2.82. The van der Waals surface area contributed by atoms with Gasteiger partial charge in [0.2, 0.25) is 5.91 Å². The van der Waals surface area contributed by atoms with Gasteiger partial charge in [-0.1, -0.05) is 48.5 Å². The van der Waals surface area contributed by atoms with E-state index in [0.717, 1.165) is 5.75 Å². The summed E-state index contributed by atoms with van der Waals surface area (Å²) in [5.74, 6) is 0.589. The lowest BCUT2D eigenvalue weighted by molar-refractivity contribution is -0.120. The summed E-state index contributed by atoms with van der Waals surface area (Å²) in [4.78, 5) is 24.7. The molecule has 2 amide bonds. The highest BCUT2D eigenvalue weighted by Crippen LogP contribution is 2.29. The Kier molecular flexibility index (Phi) is 8.09. The van der Waals surface area contributed by atoms with Crippen LogP contribution in [-0.2, 0) is 4.79 Å². The van der Waals surface area contributed by atoms with Gasteiger partial charge in [-0.3, -0.25) is 9.59 Å². The predicted octanol–water partition coefficient (Wildman–Crippen LogP) is 3.50. The summed E-state index contributed by atoms with van der Waals surface area (Å²) in [5.41, 5.74) is 6.43. The van der Waals surface area contributed by atoms with Gasteiger partial charge >= 0.3 is 0 Å². The van der Waals surface area contributed by atoms with Crippen LogP contribution in [0, 0.1) is 0 Å². The molecule has 0 bridgehead atoms. The van der Waals surface area contributed by atoms with Crippen LogP contribution in [-0.4, -0.2) is 31.6 Å². The largest absolute Gasteiger partial charge is 0.490 e. The van der Waals surface area contributed by atoms with E-state index in [0.29, 0.717) is 42.4 Å². The van der Waals surface area contributed by atoms with E-state index in [4.69, 9.17) is 19.9 Å². The number of primary amides is 1. The summed E-state index contributed by atoms with van der Waals surface area (Å²) in [6.45, 7) is 2.90. The van der Waals surface area contributed by atoms with Gasteiger partial charge in [0.1, 0.15) is 25.0 Å². The van der Waals surface area contributed by atoms with E-state index in [2.05, 4.69) is 5.32 Å². The summed E-state index contributed by atoms with van der Waals surface area (Å²) in [6.07, 6.45) is 0. The SMILES string of the molecule is CCOc1cc(C(=O)N[C@H](C(N)=O)c2ccccc2)ccc1OCCOc1ccccc1. The van der Waals surface area contributed by atoms with Crippen molar-refractivity contribution in [1.29, 1.82) is 0 Å². The molecule has 0 saturated carbocycles. The zero-order valence-electron chi connectivity index (χ0n) is 17.8. The van der Waals surface area contributed by atoms with Crippen molar-refractivity contribution in [3.63, 3.8) is 0 Å². The fourth-order valence-corrected chi connectivity index (χ4v) is 3.04. The molecular weight excluding hydrogens is 408 g/mol. The number of para-hydroxylation sites is 1. The molecule has 0 unspecified atom stereocenters. The molecule has 3 rings (SSSR count). The molecule has 3 N–H and O–H groups in total. The number of nitrogens with two attached hydrogens (primary N) is 1. The van der Waals surface area contributed by atoms with Crippen LogP contribution in [0.15, 0.2) is 78.9 Å². The minimum absolute atomic E-state index is 0.304. The van der Waals surface area contributed by atoms with E-state index in [9.17, 15) is 9.59 Å². The number of carbonyl (C=O) groups is 2. The number of amides is 2. The summed E-state index contributed by atoms with van der Waals surface area (Å²) in [6, 6.07) is 22.2. The van der Waals surface area contributed by atoms with Crippen molar-refractivity contribution in [3.8, 4) is 17.2 Å². The van der Waals surface area contributed by atoms with Gasteiger partial charge in [0.15, 0.2) is 11.5 Å². The van der Waals surface area contributed by atoms with Crippen LogP contribution in [0.3, 0.4) is 0 Å². The number of ether oxygens (including phenoxy) is 3. The minimum Gasteiger partial charge on any atom is -0.490 e. The molecule has 0 spiro atoms. The second-order valence-corrected chi connectivity index (χ2v) is 6.82. The minimum atomic E-state index is -0.940. The molecule has 3 aromatic carbocycles. The zero-order valence-corrected chi connectivity index (χ0v) is 17.8. The third-order valence-corrected chi connectivity index (χ3v) is 4.55. The van der Waals surface area contributed by atoms with Crippen molar-refractivity contribution in [2.24, 2.45) is 5.73 Å². The Balaban J connectivity index is 1.66. The third kappa shape index (κ3) is 6.25. The van der Waals surface area contributed by atoms with Gasteiger partial charge in [0.05, 0.1) is 6.61 Å². The van der Waals surface area contributed by atoms with Crippen molar-refractivity contribution in [2.45, 2.75) is 13.0 Å². The quantitative estimate of drug-likeness (QED) is 0.450. The molecule has 0 heterocycles. The maximum Gasteiger partial charge on any atom is 0.252 e. The average molecular weight is 434 g/mol. The van der Waals surface area contributed by atoms with E-state index < -0.39 is 17.9 Å². The second-order valence-electron chi connectivity index (χ2n) is 6.82. The summed E-state index contributed by atoms with van der Waals surface area (Å²) in [7, 11) is 0. The van der Waals surface area contributed by atoms with E-state index in [-0.39, 0.29) is 0 Å². The van der Waals surface area contributed by atoms with Crippen molar-refractivity contribution in [2.75, 3.05) is 19.8 Å². The van der Waals surface area contributed by atoms with Crippen LogP contribution in [0.2, 0.25) is 0 Å². The standard InChI is InChI=1S/C25H26N2O5/c1-2-30-22-17-19(25(29)27-23(24(26)28)18-9-5-3-6-10-18)13-14-21(22)32-16-15-31-20-11-7-4-8-12-20/h3-14,17,23H,2,15-16H2,1H3,(H2,26,28)(H,27,29)/t23-/m0/s1. The third-order valence-electron chi connectivity index (χ3n) is 4.55. The van der Waals surface area contributed by atoms with Crippen molar-refractivity contribution in [1.82, 2.24) is 5.32 Å². The number of hydrogen-bond acceptors (Lipinski definition) is 5. The number of rotatable bonds is 11. The van der Waals surface area contributed by atoms with E-state index in [1.54, 1.807) is 42.5 Å². The molecule has 166 valence electrons. The van der Waals surface area contributed by atoms with Gasteiger partial charge in [-0.2, -0.15) is 0 Å². The van der Waals surface area contributed by atoms with Crippen LogP contribution < -0.4 is 25.3 Å². The lowest BCUT2D eigenvalue weighted by Gasteiger charge is -2.17. The fraction of sp³-hybridized carbons (Fsp3) is 0.200. The Morgan fingerprint density at radius 2 is 1.50 bits per heavy atom. The first kappa shape index (κ1) is 22.7. The molecular formula is C25H26N2O5. The molecule has 32 heavy (non-hydrogen) atoms. The van der Waals surface area contributed by atoms with Crippen LogP contribution in [0.25, 0.3) is 0 Å². The van der Waals surface area contributed by atoms with Crippen LogP contribution in [0.4, 0.5) is 0 Å². The molecule has 0 aliphatic rings. The Morgan fingerprint density at radius 1 is 0.844 bits per heavy atom. The highest BCUT2D eigenvalue weighted by molar-refractivity contribution is 5.98. The first-order valence-corrected chi connectivity index (χ1v) is 10.3. The van der Waals surface area contributed by atoms with Gasteiger partial charge in [-0.05, 0) is 42.8 Å². The Morgan fingerprint density at radius 3 is 2.16 bits per heavy atom. The molecule has 0 aromatic heterocycles. The highest BCUT2D eigenvalue weighted by Gasteiger charge is 2.21. The van der Waals surface area contributed by atoms with Crippen LogP contribution >= 0.6 is 0 Å². The highest BCUT2D eigenvalue weighted by atomic mass is 16.5. The van der Waals surface area contributed by atoms with Gasteiger partial charge in [-0.15, -0.1) is 0 Å². The van der Waals surface area contributed by atoms with E-state index in [1.807, 2.05) is 43.3 Å². The first-order valence-electron chi connectivity index (χ1n) is 10.3. The summed E-state index contributed by atoms with van der Waals surface area (Å²) in [5, 5.41) is 2.68. The zero-order chi connectivity index (χ0) is 22.8. The lowest BCUT2D eigenvalue weighted by Crippen LogP contribution is -2.37. The second kappa shape index (κ2) is 11.4. The van der Waals surface area contributed by atoms with Crippen molar-refractivity contribution < 1.29 is 23.8 Å². The molecule has 3 aromatic rings. The normalized spacial score (nSPS) is 11.3. The van der Waals surface area contributed by atoms with E-state index >= 15 is 0 Å². The number of carbonyl (C=O) groups excluding carboxylic acids is 2.